The van der Waals surface area contributed by atoms with Crippen LogP contribution in [-0.4, -0.2) is 41.2 Å². The van der Waals surface area contributed by atoms with E-state index in [1.165, 1.54) is 5.56 Å². The highest BCUT2D eigenvalue weighted by atomic mass is 16.3. The Labute approximate surface area is 148 Å². The van der Waals surface area contributed by atoms with E-state index in [1.807, 2.05) is 24.3 Å². The molecule has 0 spiro atoms. The van der Waals surface area contributed by atoms with Crippen molar-refractivity contribution < 1.29 is 5.11 Å². The molecule has 128 valence electrons. The molecule has 1 saturated heterocycles. The van der Waals surface area contributed by atoms with E-state index in [4.69, 9.17) is 4.98 Å². The first-order valence-electron chi connectivity index (χ1n) is 8.84. The molecule has 1 aromatic heterocycles. The van der Waals surface area contributed by atoms with Gasteiger partial charge in [-0.2, -0.15) is 0 Å². The molecule has 1 aliphatic rings. The lowest BCUT2D eigenvalue weighted by Gasteiger charge is -2.36. The van der Waals surface area contributed by atoms with Crippen molar-refractivity contribution in [2.45, 2.75) is 13.2 Å². The summed E-state index contributed by atoms with van der Waals surface area (Å²) in [6.45, 7) is 4.91. The Morgan fingerprint density at radius 2 is 1.60 bits per heavy atom. The van der Waals surface area contributed by atoms with Crippen molar-refractivity contribution >= 4 is 16.7 Å². The molecule has 4 rings (SSSR count). The van der Waals surface area contributed by atoms with Crippen LogP contribution in [0.15, 0.2) is 60.7 Å². The van der Waals surface area contributed by atoms with E-state index in [1.54, 1.807) is 0 Å². The number of nitrogens with zero attached hydrogens (tertiary/aromatic N) is 3. The Bertz CT molecular complexity index is 842. The molecule has 0 aliphatic carbocycles. The van der Waals surface area contributed by atoms with Crippen molar-refractivity contribution in [3.05, 3.63) is 71.8 Å². The molecule has 4 heteroatoms. The molecule has 0 unspecified atom stereocenters. The first-order chi connectivity index (χ1) is 12.3. The summed E-state index contributed by atoms with van der Waals surface area (Å²) < 4.78 is 0. The van der Waals surface area contributed by atoms with Gasteiger partial charge in [0.2, 0.25) is 0 Å². The lowest BCUT2D eigenvalue weighted by molar-refractivity contribution is 0.247. The molecule has 0 amide bonds. The maximum Gasteiger partial charge on any atom is 0.134 e. The van der Waals surface area contributed by atoms with Crippen LogP contribution in [0, 0.1) is 0 Å². The topological polar surface area (TPSA) is 39.6 Å². The molecule has 0 atom stereocenters. The zero-order valence-electron chi connectivity index (χ0n) is 14.3. The SMILES string of the molecule is OCc1cc2ccccc2nc1N1CCN(Cc2ccccc2)CC1. The number of anilines is 1. The molecular weight excluding hydrogens is 310 g/mol. The number of para-hydroxylation sites is 1. The first-order valence-corrected chi connectivity index (χ1v) is 8.84. The van der Waals surface area contributed by atoms with Crippen molar-refractivity contribution in [3.8, 4) is 0 Å². The van der Waals surface area contributed by atoms with Gasteiger partial charge >= 0.3 is 0 Å². The minimum Gasteiger partial charge on any atom is -0.392 e. The second-order valence-corrected chi connectivity index (χ2v) is 6.57. The van der Waals surface area contributed by atoms with Crippen molar-refractivity contribution in [1.82, 2.24) is 9.88 Å². The van der Waals surface area contributed by atoms with Gasteiger partial charge < -0.3 is 10.0 Å². The molecule has 2 aromatic carbocycles. The van der Waals surface area contributed by atoms with Crippen LogP contribution in [-0.2, 0) is 13.2 Å². The Kier molecular flexibility index (Phi) is 4.63. The monoisotopic (exact) mass is 333 g/mol. The van der Waals surface area contributed by atoms with Crippen LogP contribution < -0.4 is 4.90 Å². The molecule has 25 heavy (non-hydrogen) atoms. The molecule has 1 N–H and O–H groups in total. The second-order valence-electron chi connectivity index (χ2n) is 6.57. The predicted octanol–water partition coefficient (Wildman–Crippen LogP) is 3.05. The van der Waals surface area contributed by atoms with Gasteiger partial charge in [0.25, 0.3) is 0 Å². The van der Waals surface area contributed by atoms with E-state index < -0.39 is 0 Å². The van der Waals surface area contributed by atoms with Gasteiger partial charge in [0.15, 0.2) is 0 Å². The van der Waals surface area contributed by atoms with Gasteiger partial charge in [-0.25, -0.2) is 4.98 Å². The summed E-state index contributed by atoms with van der Waals surface area (Å²) in [5.74, 6) is 0.931. The average Bonchev–Trinajstić information content (AvgIpc) is 2.68. The van der Waals surface area contributed by atoms with Gasteiger partial charge in [-0.05, 0) is 17.7 Å². The van der Waals surface area contributed by atoms with Gasteiger partial charge in [-0.1, -0.05) is 48.5 Å². The standard InChI is InChI=1S/C21H23N3O/c25-16-19-14-18-8-4-5-9-20(18)22-21(19)24-12-10-23(11-13-24)15-17-6-2-1-3-7-17/h1-9,14,25H,10-13,15-16H2. The van der Waals surface area contributed by atoms with Crippen molar-refractivity contribution in [2.75, 3.05) is 31.1 Å². The third-order valence-electron chi connectivity index (χ3n) is 4.87. The van der Waals surface area contributed by atoms with Crippen LogP contribution in [0.1, 0.15) is 11.1 Å². The fourth-order valence-electron chi connectivity index (χ4n) is 3.50. The quantitative estimate of drug-likeness (QED) is 0.797. The highest BCUT2D eigenvalue weighted by Gasteiger charge is 2.20. The molecule has 3 aromatic rings. The van der Waals surface area contributed by atoms with Crippen LogP contribution in [0.2, 0.25) is 0 Å². The molecule has 0 radical (unpaired) electrons. The van der Waals surface area contributed by atoms with Crippen LogP contribution in [0.5, 0.6) is 0 Å². The second kappa shape index (κ2) is 7.21. The van der Waals surface area contributed by atoms with Crippen molar-refractivity contribution in [2.24, 2.45) is 0 Å². The number of hydrogen-bond acceptors (Lipinski definition) is 4. The normalized spacial score (nSPS) is 15.6. The summed E-state index contributed by atoms with van der Waals surface area (Å²) in [7, 11) is 0. The van der Waals surface area contributed by atoms with Crippen molar-refractivity contribution in [1.29, 1.82) is 0 Å². The van der Waals surface area contributed by atoms with Gasteiger partial charge in [0.1, 0.15) is 5.82 Å². The maximum atomic E-state index is 9.78. The van der Waals surface area contributed by atoms with Crippen LogP contribution >= 0.6 is 0 Å². The van der Waals surface area contributed by atoms with Gasteiger partial charge in [0, 0.05) is 43.7 Å². The molecule has 1 fully saturated rings. The number of aromatic nitrogens is 1. The van der Waals surface area contributed by atoms with Gasteiger partial charge in [-0.3, -0.25) is 4.90 Å². The number of aliphatic hydroxyl groups is 1. The van der Waals surface area contributed by atoms with Crippen LogP contribution in [0.25, 0.3) is 10.9 Å². The number of piperazine rings is 1. The van der Waals surface area contributed by atoms with E-state index in [9.17, 15) is 5.11 Å². The zero-order valence-corrected chi connectivity index (χ0v) is 14.3. The predicted molar refractivity (Wildman–Crippen MR) is 102 cm³/mol. The number of aliphatic hydroxyl groups excluding tert-OH is 1. The number of fused-ring (bicyclic) bond motifs is 1. The van der Waals surface area contributed by atoms with Gasteiger partial charge in [0.05, 0.1) is 12.1 Å². The number of pyridine rings is 1. The lowest BCUT2D eigenvalue weighted by Crippen LogP contribution is -2.46. The van der Waals surface area contributed by atoms with Crippen LogP contribution in [0.3, 0.4) is 0 Å². The molecule has 4 nitrogen and oxygen atoms in total. The Morgan fingerprint density at radius 1 is 0.880 bits per heavy atom. The van der Waals surface area contributed by atoms with E-state index in [0.29, 0.717) is 0 Å². The minimum absolute atomic E-state index is 0.0252. The smallest absolute Gasteiger partial charge is 0.134 e. The van der Waals surface area contributed by atoms with Crippen molar-refractivity contribution in [3.63, 3.8) is 0 Å². The number of rotatable bonds is 4. The zero-order chi connectivity index (χ0) is 17.1. The number of benzene rings is 2. The maximum absolute atomic E-state index is 9.78. The fourth-order valence-corrected chi connectivity index (χ4v) is 3.50. The molecule has 0 saturated carbocycles. The fraction of sp³-hybridized carbons (Fsp3) is 0.286. The number of hydrogen-bond donors (Lipinski definition) is 1. The summed E-state index contributed by atoms with van der Waals surface area (Å²) in [5.41, 5.74) is 3.26. The third kappa shape index (κ3) is 3.50. The Hall–Kier alpha value is -2.43. The average molecular weight is 333 g/mol. The Morgan fingerprint density at radius 3 is 2.36 bits per heavy atom. The van der Waals surface area contributed by atoms with E-state index in [0.717, 1.165) is 55.0 Å². The summed E-state index contributed by atoms with van der Waals surface area (Å²) in [5, 5.41) is 10.9. The van der Waals surface area contributed by atoms with Crippen LogP contribution in [0.4, 0.5) is 5.82 Å². The summed E-state index contributed by atoms with van der Waals surface area (Å²) in [4.78, 5) is 9.61. The van der Waals surface area contributed by atoms with E-state index in [2.05, 4.69) is 46.2 Å². The molecule has 0 bridgehead atoms. The first kappa shape index (κ1) is 16.1. The third-order valence-corrected chi connectivity index (χ3v) is 4.87. The largest absolute Gasteiger partial charge is 0.392 e. The van der Waals surface area contributed by atoms with E-state index >= 15 is 0 Å². The molecule has 2 heterocycles. The highest BCUT2D eigenvalue weighted by molar-refractivity contribution is 5.81. The summed E-state index contributed by atoms with van der Waals surface area (Å²) >= 11 is 0. The van der Waals surface area contributed by atoms with E-state index in [-0.39, 0.29) is 6.61 Å². The lowest BCUT2D eigenvalue weighted by atomic mass is 10.1. The molecular formula is C21H23N3O. The minimum atomic E-state index is 0.0252. The van der Waals surface area contributed by atoms with Gasteiger partial charge in [-0.15, -0.1) is 0 Å². The summed E-state index contributed by atoms with van der Waals surface area (Å²) in [6.07, 6.45) is 0. The molecule has 1 aliphatic heterocycles. The highest BCUT2D eigenvalue weighted by Crippen LogP contribution is 2.25. The summed E-state index contributed by atoms with van der Waals surface area (Å²) in [6, 6.07) is 20.8. The Balaban J connectivity index is 1.49.